The average Bonchev–Trinajstić information content (AvgIpc) is 3.06. The smallest absolute Gasteiger partial charge is 0.326 e. The summed E-state index contributed by atoms with van der Waals surface area (Å²) in [4.78, 5) is 28.2. The molecule has 0 saturated carbocycles. The summed E-state index contributed by atoms with van der Waals surface area (Å²) in [6, 6.07) is 2.61. The summed E-state index contributed by atoms with van der Waals surface area (Å²) in [5.41, 5.74) is 0.244. The van der Waals surface area contributed by atoms with E-state index in [1.807, 2.05) is 6.92 Å². The zero-order valence-corrected chi connectivity index (χ0v) is 12.6. The largest absolute Gasteiger partial charge is 0.480 e. The molecule has 0 fully saturated rings. The van der Waals surface area contributed by atoms with E-state index in [2.05, 4.69) is 10.3 Å². The first-order valence-electron chi connectivity index (χ1n) is 6.58. The zero-order valence-electron chi connectivity index (χ0n) is 11.8. The number of nitrogens with zero attached hydrogens (tertiary/aromatic N) is 1. The number of nitrogens with one attached hydrogen (secondary N) is 1. The van der Waals surface area contributed by atoms with Gasteiger partial charge < -0.3 is 14.8 Å². The molecule has 2 aromatic rings. The van der Waals surface area contributed by atoms with Gasteiger partial charge in [0, 0.05) is 4.88 Å². The summed E-state index contributed by atoms with van der Waals surface area (Å²) < 4.78 is 5.25. The monoisotopic (exact) mass is 308 g/mol. The van der Waals surface area contributed by atoms with Crippen LogP contribution in [0.3, 0.4) is 0 Å². The van der Waals surface area contributed by atoms with Crippen LogP contribution in [0.15, 0.2) is 22.8 Å². The van der Waals surface area contributed by atoms with Crippen LogP contribution in [0.5, 0.6) is 0 Å². The Morgan fingerprint density at radius 1 is 1.52 bits per heavy atom. The number of thiazole rings is 1. The van der Waals surface area contributed by atoms with E-state index in [1.165, 1.54) is 17.6 Å². The molecule has 0 spiro atoms. The highest BCUT2D eigenvalue weighted by atomic mass is 32.1. The van der Waals surface area contributed by atoms with Gasteiger partial charge in [-0.3, -0.25) is 4.79 Å². The lowest BCUT2D eigenvalue weighted by molar-refractivity contribution is -0.139. The molecule has 0 radical (unpaired) electrons. The van der Waals surface area contributed by atoms with E-state index in [1.54, 1.807) is 19.1 Å². The molecule has 1 amide bonds. The minimum Gasteiger partial charge on any atom is -0.480 e. The lowest BCUT2D eigenvalue weighted by Gasteiger charge is -2.12. The van der Waals surface area contributed by atoms with Crippen molar-refractivity contribution in [2.75, 3.05) is 0 Å². The lowest BCUT2D eigenvalue weighted by Crippen LogP contribution is -2.41. The van der Waals surface area contributed by atoms with Gasteiger partial charge in [-0.05, 0) is 25.5 Å². The number of furan rings is 1. The second-order valence-corrected chi connectivity index (χ2v) is 5.76. The third kappa shape index (κ3) is 3.49. The molecule has 0 saturated heterocycles. The first kappa shape index (κ1) is 15.2. The van der Waals surface area contributed by atoms with Gasteiger partial charge in [0.15, 0.2) is 10.8 Å². The van der Waals surface area contributed by atoms with Gasteiger partial charge in [-0.1, -0.05) is 13.3 Å². The Kier molecular flexibility index (Phi) is 4.74. The fourth-order valence-corrected chi connectivity index (χ4v) is 2.76. The quantitative estimate of drug-likeness (QED) is 0.856. The molecule has 2 N–H and O–H groups in total. The molecule has 112 valence electrons. The van der Waals surface area contributed by atoms with Gasteiger partial charge in [0.05, 0.1) is 6.26 Å². The first-order chi connectivity index (χ1) is 10.0. The van der Waals surface area contributed by atoms with Gasteiger partial charge in [-0.15, -0.1) is 11.3 Å². The van der Waals surface area contributed by atoms with E-state index in [0.717, 1.165) is 4.88 Å². The summed E-state index contributed by atoms with van der Waals surface area (Å²) in [5.74, 6) is -0.919. The predicted octanol–water partition coefficient (Wildman–Crippen LogP) is 2.69. The topological polar surface area (TPSA) is 92.4 Å². The molecule has 1 unspecified atom stereocenters. The number of carbonyl (C=O) groups excluding carboxylic acids is 1. The number of amides is 1. The fraction of sp³-hybridized carbons (Fsp3) is 0.357. The van der Waals surface area contributed by atoms with Crippen LogP contribution in [-0.2, 0) is 4.79 Å². The molecule has 21 heavy (non-hydrogen) atoms. The zero-order chi connectivity index (χ0) is 15.4. The minimum atomic E-state index is -1.04. The van der Waals surface area contributed by atoms with Crippen LogP contribution in [0.25, 0.3) is 10.8 Å². The summed E-state index contributed by atoms with van der Waals surface area (Å²) in [6.45, 7) is 3.64. The maximum atomic E-state index is 12.2. The number of hydrogen-bond acceptors (Lipinski definition) is 5. The van der Waals surface area contributed by atoms with Crippen molar-refractivity contribution in [3.63, 3.8) is 0 Å². The van der Waals surface area contributed by atoms with Crippen molar-refractivity contribution in [1.82, 2.24) is 10.3 Å². The molecule has 0 aliphatic rings. The summed E-state index contributed by atoms with van der Waals surface area (Å²) in [6.07, 6.45) is 2.59. The van der Waals surface area contributed by atoms with Crippen LogP contribution >= 0.6 is 11.3 Å². The Morgan fingerprint density at radius 3 is 2.86 bits per heavy atom. The Labute approximate surface area is 125 Å². The fourth-order valence-electron chi connectivity index (χ4n) is 1.89. The first-order valence-corrected chi connectivity index (χ1v) is 7.39. The highest BCUT2D eigenvalue weighted by molar-refractivity contribution is 7.15. The lowest BCUT2D eigenvalue weighted by atomic mass is 10.1. The van der Waals surface area contributed by atoms with Crippen LogP contribution in [0.2, 0.25) is 0 Å². The second kappa shape index (κ2) is 6.53. The van der Waals surface area contributed by atoms with E-state index in [9.17, 15) is 9.59 Å². The van der Waals surface area contributed by atoms with Crippen LogP contribution < -0.4 is 5.32 Å². The number of aliphatic carboxylic acids is 1. The van der Waals surface area contributed by atoms with Crippen molar-refractivity contribution >= 4 is 23.2 Å². The van der Waals surface area contributed by atoms with Crippen molar-refractivity contribution in [1.29, 1.82) is 0 Å². The summed E-state index contributed by atoms with van der Waals surface area (Å²) in [5, 5.41) is 12.2. The third-order valence-corrected chi connectivity index (χ3v) is 3.91. The second-order valence-electron chi connectivity index (χ2n) is 4.55. The molecular weight excluding hydrogens is 292 g/mol. The van der Waals surface area contributed by atoms with E-state index in [4.69, 9.17) is 9.52 Å². The summed E-state index contributed by atoms with van der Waals surface area (Å²) >= 11 is 1.34. The predicted molar refractivity (Wildman–Crippen MR) is 78.4 cm³/mol. The van der Waals surface area contributed by atoms with Crippen LogP contribution in [0, 0.1) is 6.92 Å². The molecule has 7 heteroatoms. The van der Waals surface area contributed by atoms with Gasteiger partial charge in [0.1, 0.15) is 11.7 Å². The number of rotatable bonds is 6. The van der Waals surface area contributed by atoms with Gasteiger partial charge >= 0.3 is 5.97 Å². The van der Waals surface area contributed by atoms with Gasteiger partial charge in [-0.2, -0.15) is 0 Å². The standard InChI is InChI=1S/C14H16N2O4S/c1-3-5-9(14(18)19)15-12(17)11-8(2)21-13(16-11)10-6-4-7-20-10/h4,6-7,9H,3,5H2,1-2H3,(H,15,17)(H,18,19). The van der Waals surface area contributed by atoms with Crippen molar-refractivity contribution < 1.29 is 19.1 Å². The van der Waals surface area contributed by atoms with Gasteiger partial charge in [0.25, 0.3) is 5.91 Å². The third-order valence-electron chi connectivity index (χ3n) is 2.92. The molecule has 2 rings (SSSR count). The molecule has 0 aliphatic carbocycles. The minimum absolute atomic E-state index is 0.244. The normalized spacial score (nSPS) is 12.1. The maximum absolute atomic E-state index is 12.2. The van der Waals surface area contributed by atoms with E-state index >= 15 is 0 Å². The van der Waals surface area contributed by atoms with E-state index in [-0.39, 0.29) is 5.69 Å². The number of aryl methyl sites for hydroxylation is 1. The number of hydrogen-bond donors (Lipinski definition) is 2. The molecule has 0 aromatic carbocycles. The SMILES string of the molecule is CCCC(NC(=O)c1nc(-c2ccco2)sc1C)C(=O)O. The van der Waals surface area contributed by atoms with Crippen molar-refractivity contribution in [2.45, 2.75) is 32.7 Å². The molecule has 1 atom stereocenters. The molecule has 2 aromatic heterocycles. The number of aromatic nitrogens is 1. The van der Waals surface area contributed by atoms with Crippen LogP contribution in [-0.4, -0.2) is 28.0 Å². The highest BCUT2D eigenvalue weighted by Gasteiger charge is 2.23. The number of carboxylic acids is 1. The Bertz CT molecular complexity index is 633. The van der Waals surface area contributed by atoms with E-state index in [0.29, 0.717) is 23.6 Å². The average molecular weight is 308 g/mol. The number of carbonyl (C=O) groups is 2. The molecule has 6 nitrogen and oxygen atoms in total. The van der Waals surface area contributed by atoms with Crippen LogP contribution in [0.4, 0.5) is 0 Å². The molecule has 0 bridgehead atoms. The molecule has 0 aliphatic heterocycles. The summed E-state index contributed by atoms with van der Waals surface area (Å²) in [7, 11) is 0. The van der Waals surface area contributed by atoms with Crippen LogP contribution in [0.1, 0.15) is 35.1 Å². The van der Waals surface area contributed by atoms with Crippen molar-refractivity contribution in [3.05, 3.63) is 29.0 Å². The Hall–Kier alpha value is -2.15. The van der Waals surface area contributed by atoms with E-state index < -0.39 is 17.9 Å². The van der Waals surface area contributed by atoms with Gasteiger partial charge in [-0.25, -0.2) is 9.78 Å². The molecular formula is C14H16N2O4S. The maximum Gasteiger partial charge on any atom is 0.326 e. The highest BCUT2D eigenvalue weighted by Crippen LogP contribution is 2.27. The number of carboxylic acid groups (broad SMARTS) is 1. The van der Waals surface area contributed by atoms with Crippen molar-refractivity contribution in [2.24, 2.45) is 0 Å². The van der Waals surface area contributed by atoms with Gasteiger partial charge in [0.2, 0.25) is 0 Å². The van der Waals surface area contributed by atoms with Crippen molar-refractivity contribution in [3.8, 4) is 10.8 Å². The molecule has 2 heterocycles. The Morgan fingerprint density at radius 2 is 2.29 bits per heavy atom. The Balaban J connectivity index is 2.18.